The van der Waals surface area contributed by atoms with Gasteiger partial charge in [0.15, 0.2) is 23.2 Å². The van der Waals surface area contributed by atoms with E-state index >= 15 is 0 Å². The number of phosphoric acid groups is 3. The molecule has 6 unspecified atom stereocenters. The maximum absolute atomic E-state index is 11.9. The zero-order valence-electron chi connectivity index (χ0n) is 18.8. The molecule has 0 saturated carbocycles. The van der Waals surface area contributed by atoms with Crippen LogP contribution in [0, 0.1) is 0 Å². The number of imidazole rings is 1. The number of fused-ring (bicyclic) bond motifs is 1. The summed E-state index contributed by atoms with van der Waals surface area (Å²) in [5.74, 6) is 0.322. The van der Waals surface area contributed by atoms with Crippen molar-refractivity contribution in [3.05, 3.63) is 24.3 Å². The van der Waals surface area contributed by atoms with E-state index in [9.17, 15) is 33.7 Å². The van der Waals surface area contributed by atoms with Crippen LogP contribution in [-0.2, 0) is 31.6 Å². The molecule has 37 heavy (non-hydrogen) atoms. The van der Waals surface area contributed by atoms with Gasteiger partial charge in [-0.3, -0.25) is 9.09 Å². The van der Waals surface area contributed by atoms with Crippen molar-refractivity contribution in [1.29, 1.82) is 0 Å². The standard InChI is InChI=1S/C15H24N5O14P3/c1-8(4-21)2-3-16-13-10-14(18-6-17-13)20(7-19-10)15-12(23)11(22)9(32-15)5-31-36(27,28)34-37(29,30)33-35(24,25)26/h2,6-7,9,11-12,15,21-23H,3-5H2,1H3,(H,27,28)(H,29,30)(H,16,17,18)(H2,24,25,26)/b8-2+. The van der Waals surface area contributed by atoms with Crippen LogP contribution < -0.4 is 5.32 Å². The van der Waals surface area contributed by atoms with E-state index in [1.807, 2.05) is 0 Å². The molecule has 0 amide bonds. The third-order valence-corrected chi connectivity index (χ3v) is 8.56. The molecule has 8 N–H and O–H groups in total. The van der Waals surface area contributed by atoms with Gasteiger partial charge in [-0.1, -0.05) is 11.6 Å². The van der Waals surface area contributed by atoms with E-state index in [4.69, 9.17) is 19.6 Å². The molecule has 0 aromatic carbocycles. The van der Waals surface area contributed by atoms with Crippen LogP contribution in [0.15, 0.2) is 24.3 Å². The lowest BCUT2D eigenvalue weighted by molar-refractivity contribution is -0.0503. The van der Waals surface area contributed by atoms with Crippen LogP contribution in [0.1, 0.15) is 13.2 Å². The molecule has 208 valence electrons. The van der Waals surface area contributed by atoms with Gasteiger partial charge in [-0.2, -0.15) is 8.62 Å². The molecule has 1 aliphatic rings. The number of ether oxygens (including phenoxy) is 1. The fourth-order valence-electron chi connectivity index (χ4n) is 3.12. The Morgan fingerprint density at radius 3 is 2.46 bits per heavy atom. The van der Waals surface area contributed by atoms with Crippen molar-refractivity contribution < 1.29 is 66.5 Å². The van der Waals surface area contributed by atoms with Crippen molar-refractivity contribution >= 4 is 40.4 Å². The minimum Gasteiger partial charge on any atom is -0.392 e. The Hall–Kier alpha value is -1.66. The van der Waals surface area contributed by atoms with Crippen molar-refractivity contribution in [3.63, 3.8) is 0 Å². The second kappa shape index (κ2) is 11.6. The molecule has 6 atom stereocenters. The second-order valence-corrected chi connectivity index (χ2v) is 12.0. The molecule has 1 saturated heterocycles. The highest BCUT2D eigenvalue weighted by atomic mass is 31.3. The molecule has 0 spiro atoms. The summed E-state index contributed by atoms with van der Waals surface area (Å²) in [6.07, 6.45) is -1.93. The molecule has 19 nitrogen and oxygen atoms in total. The van der Waals surface area contributed by atoms with Gasteiger partial charge in [-0.15, -0.1) is 0 Å². The summed E-state index contributed by atoms with van der Waals surface area (Å²) < 4.78 is 52.5. The third kappa shape index (κ3) is 7.92. The topological polar surface area (TPSA) is 285 Å². The fourth-order valence-corrected chi connectivity index (χ4v) is 6.15. The number of aromatic nitrogens is 4. The third-order valence-electron chi connectivity index (χ3n) is 4.76. The summed E-state index contributed by atoms with van der Waals surface area (Å²) in [6.45, 7) is 0.966. The van der Waals surface area contributed by atoms with Crippen LogP contribution >= 0.6 is 23.5 Å². The summed E-state index contributed by atoms with van der Waals surface area (Å²) >= 11 is 0. The number of hydrogen-bond acceptors (Lipinski definition) is 14. The Kier molecular flexibility index (Phi) is 9.38. The normalized spacial score (nSPS) is 26.2. The van der Waals surface area contributed by atoms with E-state index in [2.05, 4.69) is 33.4 Å². The predicted molar refractivity (Wildman–Crippen MR) is 120 cm³/mol. The van der Waals surface area contributed by atoms with Gasteiger partial charge in [-0.05, 0) is 6.92 Å². The summed E-state index contributed by atoms with van der Waals surface area (Å²) in [6, 6.07) is 0. The van der Waals surface area contributed by atoms with E-state index in [0.29, 0.717) is 12.4 Å². The van der Waals surface area contributed by atoms with Gasteiger partial charge in [0.25, 0.3) is 0 Å². The van der Waals surface area contributed by atoms with Crippen molar-refractivity contribution in [2.24, 2.45) is 0 Å². The van der Waals surface area contributed by atoms with Crippen molar-refractivity contribution in [1.82, 2.24) is 19.5 Å². The number of hydrogen-bond donors (Lipinski definition) is 8. The van der Waals surface area contributed by atoms with Crippen LogP contribution in [0.4, 0.5) is 5.82 Å². The van der Waals surface area contributed by atoms with Gasteiger partial charge in [0.2, 0.25) is 0 Å². The molecule has 22 heteroatoms. The monoisotopic (exact) mass is 591 g/mol. The van der Waals surface area contributed by atoms with E-state index in [1.54, 1.807) is 13.0 Å². The van der Waals surface area contributed by atoms with Gasteiger partial charge in [0, 0.05) is 6.54 Å². The van der Waals surface area contributed by atoms with E-state index in [0.717, 1.165) is 5.57 Å². The van der Waals surface area contributed by atoms with Crippen molar-refractivity contribution in [2.45, 2.75) is 31.5 Å². The highest BCUT2D eigenvalue weighted by Gasteiger charge is 2.47. The number of rotatable bonds is 12. The molecule has 1 fully saturated rings. The van der Waals surface area contributed by atoms with E-state index in [-0.39, 0.29) is 17.8 Å². The van der Waals surface area contributed by atoms with Crippen molar-refractivity contribution in [3.8, 4) is 0 Å². The van der Waals surface area contributed by atoms with Crippen LogP contribution in [0.2, 0.25) is 0 Å². The zero-order chi connectivity index (χ0) is 27.6. The average Bonchev–Trinajstić information content (AvgIpc) is 3.31. The first-order chi connectivity index (χ1) is 17.1. The fraction of sp³-hybridized carbons (Fsp3) is 0.533. The largest absolute Gasteiger partial charge is 0.490 e. The van der Waals surface area contributed by atoms with Gasteiger partial charge < -0.3 is 44.9 Å². The highest BCUT2D eigenvalue weighted by molar-refractivity contribution is 7.66. The van der Waals surface area contributed by atoms with Crippen LogP contribution in [0.5, 0.6) is 0 Å². The molecule has 0 aliphatic carbocycles. The first-order valence-electron chi connectivity index (χ1n) is 10.1. The number of anilines is 1. The number of aliphatic hydroxyl groups is 3. The Morgan fingerprint density at radius 2 is 1.81 bits per heavy atom. The second-order valence-electron chi connectivity index (χ2n) is 7.57. The lowest BCUT2D eigenvalue weighted by atomic mass is 10.1. The van der Waals surface area contributed by atoms with Gasteiger partial charge in [0.1, 0.15) is 24.6 Å². The smallest absolute Gasteiger partial charge is 0.392 e. The Bertz CT molecular complexity index is 1280. The van der Waals surface area contributed by atoms with Gasteiger partial charge >= 0.3 is 23.5 Å². The first kappa shape index (κ1) is 29.9. The lowest BCUT2D eigenvalue weighted by Gasteiger charge is -2.19. The van der Waals surface area contributed by atoms with Crippen LogP contribution in [-0.4, -0.2) is 92.5 Å². The predicted octanol–water partition coefficient (Wildman–Crippen LogP) is -0.861. The molecule has 0 radical (unpaired) electrons. The average molecular weight is 591 g/mol. The molecule has 3 heterocycles. The molecular weight excluding hydrogens is 567 g/mol. The van der Waals surface area contributed by atoms with Crippen LogP contribution in [0.25, 0.3) is 11.2 Å². The van der Waals surface area contributed by atoms with Gasteiger partial charge in [-0.25, -0.2) is 28.6 Å². The van der Waals surface area contributed by atoms with E-state index in [1.165, 1.54) is 17.2 Å². The maximum atomic E-state index is 11.9. The summed E-state index contributed by atoms with van der Waals surface area (Å²) in [7, 11) is -16.8. The highest BCUT2D eigenvalue weighted by Crippen LogP contribution is 2.66. The summed E-state index contributed by atoms with van der Waals surface area (Å²) in [5.41, 5.74) is 1.19. The summed E-state index contributed by atoms with van der Waals surface area (Å²) in [5, 5.41) is 32.9. The maximum Gasteiger partial charge on any atom is 0.490 e. The first-order valence-corrected chi connectivity index (χ1v) is 14.6. The number of phosphoric ester groups is 1. The van der Waals surface area contributed by atoms with Crippen LogP contribution in [0.3, 0.4) is 0 Å². The number of aliphatic hydroxyl groups excluding tert-OH is 3. The van der Waals surface area contributed by atoms with Gasteiger partial charge in [0.05, 0.1) is 19.5 Å². The van der Waals surface area contributed by atoms with E-state index < -0.39 is 54.6 Å². The molecule has 3 rings (SSSR count). The Labute approximate surface area is 207 Å². The zero-order valence-corrected chi connectivity index (χ0v) is 21.5. The SMILES string of the molecule is C/C(=C\CNc1ncnc2c1ncn2C1OC(COP(=O)(O)OP(=O)(O)OP(=O)(O)O)C(O)C1O)CO. The Morgan fingerprint density at radius 1 is 1.11 bits per heavy atom. The molecule has 1 aliphatic heterocycles. The van der Waals surface area contributed by atoms with Crippen molar-refractivity contribution in [2.75, 3.05) is 25.1 Å². The molecular formula is C15H24N5O14P3. The molecule has 2 aromatic rings. The minimum absolute atomic E-state index is 0.113. The minimum atomic E-state index is -5.73. The lowest BCUT2D eigenvalue weighted by Crippen LogP contribution is -2.33. The summed E-state index contributed by atoms with van der Waals surface area (Å²) in [4.78, 5) is 48.3. The molecule has 0 bridgehead atoms. The molecule has 2 aromatic heterocycles. The number of nitrogens with zero attached hydrogens (tertiary/aromatic N) is 4. The Balaban J connectivity index is 1.70. The quantitative estimate of drug-likeness (QED) is 0.110. The number of nitrogens with one attached hydrogen (secondary N) is 1.